The molecule has 0 amide bonds. The maximum absolute atomic E-state index is 5.48. The zero-order chi connectivity index (χ0) is 11.7. The molecule has 0 aliphatic carbocycles. The van der Waals surface area contributed by atoms with Crippen molar-refractivity contribution in [1.29, 1.82) is 0 Å². The third-order valence-electron chi connectivity index (χ3n) is 2.97. The Kier molecular flexibility index (Phi) is 3.05. The van der Waals surface area contributed by atoms with Crippen LogP contribution in [0.4, 0.5) is 5.82 Å². The number of aromatic nitrogens is 2. The van der Waals surface area contributed by atoms with E-state index in [9.17, 15) is 0 Å². The predicted molar refractivity (Wildman–Crippen MR) is 68.5 cm³/mol. The third-order valence-corrected chi connectivity index (χ3v) is 3.18. The van der Waals surface area contributed by atoms with E-state index in [4.69, 9.17) is 18.0 Å². The zero-order valence-electron chi connectivity index (χ0n) is 9.55. The SMILES string of the molecule is CC1CC(C)N(c2cnc(C(N)=S)cn2)C1. The Bertz CT molecular complexity index is 389. The van der Waals surface area contributed by atoms with E-state index in [1.807, 2.05) is 0 Å². The van der Waals surface area contributed by atoms with Gasteiger partial charge in [-0.3, -0.25) is 0 Å². The molecule has 0 saturated carbocycles. The highest BCUT2D eigenvalue weighted by Gasteiger charge is 2.27. The van der Waals surface area contributed by atoms with Crippen LogP contribution in [0.3, 0.4) is 0 Å². The first-order valence-corrected chi connectivity index (χ1v) is 5.87. The van der Waals surface area contributed by atoms with Gasteiger partial charge in [-0.2, -0.15) is 0 Å². The van der Waals surface area contributed by atoms with Gasteiger partial charge in [0, 0.05) is 12.6 Å². The number of thiocarbonyl (C=S) groups is 1. The van der Waals surface area contributed by atoms with Crippen LogP contribution < -0.4 is 10.6 Å². The normalized spacial score (nSPS) is 24.8. The maximum atomic E-state index is 5.48. The van der Waals surface area contributed by atoms with E-state index in [1.54, 1.807) is 12.4 Å². The van der Waals surface area contributed by atoms with Crippen molar-refractivity contribution in [2.75, 3.05) is 11.4 Å². The van der Waals surface area contributed by atoms with Crippen molar-refractivity contribution in [3.63, 3.8) is 0 Å². The minimum Gasteiger partial charge on any atom is -0.388 e. The zero-order valence-corrected chi connectivity index (χ0v) is 10.4. The summed E-state index contributed by atoms with van der Waals surface area (Å²) in [4.78, 5) is 11.1. The molecule has 1 aliphatic heterocycles. The second kappa shape index (κ2) is 4.33. The molecule has 0 bridgehead atoms. The van der Waals surface area contributed by atoms with Crippen molar-refractivity contribution in [1.82, 2.24) is 9.97 Å². The molecular weight excluding hydrogens is 220 g/mol. The molecule has 2 atom stereocenters. The summed E-state index contributed by atoms with van der Waals surface area (Å²) in [5.41, 5.74) is 6.06. The van der Waals surface area contributed by atoms with Gasteiger partial charge in [0.05, 0.1) is 12.4 Å². The van der Waals surface area contributed by atoms with Gasteiger partial charge < -0.3 is 10.6 Å². The van der Waals surface area contributed by atoms with E-state index < -0.39 is 0 Å². The standard InChI is InChI=1S/C11H16N4S/c1-7-3-8(2)15(6-7)10-5-13-9(4-14-10)11(12)16/h4-5,7-8H,3,6H2,1-2H3,(H2,12,16). The van der Waals surface area contributed by atoms with Crippen LogP contribution in [-0.4, -0.2) is 27.5 Å². The molecule has 1 aromatic rings. The van der Waals surface area contributed by atoms with Gasteiger partial charge in [-0.25, -0.2) is 9.97 Å². The Morgan fingerprint density at radius 1 is 1.44 bits per heavy atom. The Hall–Kier alpha value is -1.23. The number of nitrogens with two attached hydrogens (primary N) is 1. The number of rotatable bonds is 2. The van der Waals surface area contributed by atoms with E-state index in [-0.39, 0.29) is 0 Å². The molecule has 2 heterocycles. The smallest absolute Gasteiger partial charge is 0.147 e. The molecule has 0 radical (unpaired) electrons. The van der Waals surface area contributed by atoms with Crippen LogP contribution >= 0.6 is 12.2 Å². The Morgan fingerprint density at radius 3 is 2.62 bits per heavy atom. The first-order valence-electron chi connectivity index (χ1n) is 5.46. The summed E-state index contributed by atoms with van der Waals surface area (Å²) in [7, 11) is 0. The molecule has 1 aromatic heterocycles. The topological polar surface area (TPSA) is 55.0 Å². The van der Waals surface area contributed by atoms with Crippen LogP contribution in [-0.2, 0) is 0 Å². The molecule has 5 heteroatoms. The van der Waals surface area contributed by atoms with Crippen molar-refractivity contribution < 1.29 is 0 Å². The van der Waals surface area contributed by atoms with E-state index in [2.05, 4.69) is 28.7 Å². The first kappa shape index (κ1) is 11.3. The second-order valence-electron chi connectivity index (χ2n) is 4.47. The lowest BCUT2D eigenvalue weighted by atomic mass is 10.1. The van der Waals surface area contributed by atoms with Crippen LogP contribution in [0.25, 0.3) is 0 Å². The van der Waals surface area contributed by atoms with Crippen LogP contribution in [0.5, 0.6) is 0 Å². The fourth-order valence-corrected chi connectivity index (χ4v) is 2.32. The Morgan fingerprint density at radius 2 is 2.19 bits per heavy atom. The summed E-state index contributed by atoms with van der Waals surface area (Å²) >= 11 is 4.84. The highest BCUT2D eigenvalue weighted by molar-refractivity contribution is 7.80. The number of anilines is 1. The predicted octanol–water partition coefficient (Wildman–Crippen LogP) is 1.35. The van der Waals surface area contributed by atoms with Gasteiger partial charge in [-0.15, -0.1) is 0 Å². The molecule has 1 fully saturated rings. The summed E-state index contributed by atoms with van der Waals surface area (Å²) in [5, 5.41) is 0. The average Bonchev–Trinajstić information content (AvgIpc) is 2.58. The summed E-state index contributed by atoms with van der Waals surface area (Å²) in [5.74, 6) is 1.63. The molecule has 16 heavy (non-hydrogen) atoms. The Labute approximate surface area is 101 Å². The highest BCUT2D eigenvalue weighted by atomic mass is 32.1. The van der Waals surface area contributed by atoms with Gasteiger partial charge in [0.25, 0.3) is 0 Å². The summed E-state index contributed by atoms with van der Waals surface area (Å²) in [6.45, 7) is 5.52. The fraction of sp³-hybridized carbons (Fsp3) is 0.545. The molecule has 4 nitrogen and oxygen atoms in total. The lowest BCUT2D eigenvalue weighted by Gasteiger charge is -2.22. The van der Waals surface area contributed by atoms with Crippen molar-refractivity contribution in [3.05, 3.63) is 18.1 Å². The van der Waals surface area contributed by atoms with Gasteiger partial charge >= 0.3 is 0 Å². The third kappa shape index (κ3) is 2.14. The van der Waals surface area contributed by atoms with Gasteiger partial charge in [-0.05, 0) is 19.3 Å². The van der Waals surface area contributed by atoms with Gasteiger partial charge in [0.2, 0.25) is 0 Å². The van der Waals surface area contributed by atoms with Gasteiger partial charge in [-0.1, -0.05) is 19.1 Å². The van der Waals surface area contributed by atoms with Crippen LogP contribution in [0.2, 0.25) is 0 Å². The molecule has 2 unspecified atom stereocenters. The first-order chi connectivity index (χ1) is 7.58. The van der Waals surface area contributed by atoms with Gasteiger partial charge in [0.15, 0.2) is 0 Å². The number of hydrogen-bond donors (Lipinski definition) is 1. The largest absolute Gasteiger partial charge is 0.388 e. The van der Waals surface area contributed by atoms with E-state index in [1.165, 1.54) is 6.42 Å². The highest BCUT2D eigenvalue weighted by Crippen LogP contribution is 2.26. The van der Waals surface area contributed by atoms with E-state index >= 15 is 0 Å². The molecule has 1 aliphatic rings. The quantitative estimate of drug-likeness (QED) is 0.785. The fourth-order valence-electron chi connectivity index (χ4n) is 2.22. The lowest BCUT2D eigenvalue weighted by molar-refractivity contribution is 0.625. The van der Waals surface area contributed by atoms with Crippen LogP contribution in [0.1, 0.15) is 26.0 Å². The average molecular weight is 236 g/mol. The van der Waals surface area contributed by atoms with Gasteiger partial charge in [0.1, 0.15) is 16.5 Å². The minimum absolute atomic E-state index is 0.293. The van der Waals surface area contributed by atoms with Crippen molar-refractivity contribution in [2.45, 2.75) is 26.3 Å². The molecule has 1 saturated heterocycles. The molecule has 2 N–H and O–H groups in total. The molecule has 86 valence electrons. The van der Waals surface area contributed by atoms with Crippen LogP contribution in [0, 0.1) is 5.92 Å². The lowest BCUT2D eigenvalue weighted by Crippen LogP contribution is -2.28. The molecular formula is C11H16N4S. The second-order valence-corrected chi connectivity index (χ2v) is 4.91. The molecule has 2 rings (SSSR count). The summed E-state index contributed by atoms with van der Waals surface area (Å²) < 4.78 is 0. The van der Waals surface area contributed by atoms with Crippen molar-refractivity contribution in [3.8, 4) is 0 Å². The molecule has 0 spiro atoms. The van der Waals surface area contributed by atoms with E-state index in [0.29, 0.717) is 22.6 Å². The van der Waals surface area contributed by atoms with Crippen LogP contribution in [0.15, 0.2) is 12.4 Å². The summed E-state index contributed by atoms with van der Waals surface area (Å²) in [6.07, 6.45) is 4.61. The van der Waals surface area contributed by atoms with E-state index in [0.717, 1.165) is 12.4 Å². The maximum Gasteiger partial charge on any atom is 0.147 e. The van der Waals surface area contributed by atoms with Crippen molar-refractivity contribution >= 4 is 23.0 Å². The minimum atomic E-state index is 0.293. The summed E-state index contributed by atoms with van der Waals surface area (Å²) in [6, 6.07) is 0.528. The number of nitrogens with zero attached hydrogens (tertiary/aromatic N) is 3. The van der Waals surface area contributed by atoms with Crippen molar-refractivity contribution in [2.24, 2.45) is 11.7 Å². The molecule has 0 aromatic carbocycles. The monoisotopic (exact) mass is 236 g/mol. The Balaban J connectivity index is 2.19. The number of hydrogen-bond acceptors (Lipinski definition) is 4.